The van der Waals surface area contributed by atoms with Gasteiger partial charge in [-0.3, -0.25) is 4.79 Å². The molecular formula is C13H22N2O4. The highest BCUT2D eigenvalue weighted by molar-refractivity contribution is 5.77. The van der Waals surface area contributed by atoms with Crippen LogP contribution in [0.5, 0.6) is 0 Å². The Morgan fingerprint density at radius 3 is 2.32 bits per heavy atom. The average molecular weight is 270 g/mol. The van der Waals surface area contributed by atoms with E-state index in [1.165, 1.54) is 0 Å². The summed E-state index contributed by atoms with van der Waals surface area (Å²) in [4.78, 5) is 26.8. The van der Waals surface area contributed by atoms with Crippen LogP contribution in [0.25, 0.3) is 0 Å². The summed E-state index contributed by atoms with van der Waals surface area (Å²) < 4.78 is 0. The molecule has 2 heterocycles. The molecule has 2 aliphatic heterocycles. The lowest BCUT2D eigenvalue weighted by atomic mass is 10.00. The predicted octanol–water partition coefficient (Wildman–Crippen LogP) is 0.892. The number of rotatable bonds is 3. The molecule has 0 radical (unpaired) electrons. The first-order chi connectivity index (χ1) is 9.13. The fourth-order valence-corrected chi connectivity index (χ4v) is 3.11. The molecule has 0 saturated carbocycles. The first kappa shape index (κ1) is 14.1. The van der Waals surface area contributed by atoms with E-state index in [4.69, 9.17) is 5.11 Å². The standard InChI is InChI=1S/C13H22N2O4/c16-9-11-5-3-7-15(11)13(19)14-6-2-1-4-10(14)8-12(17)18/h10-11,16H,1-9H2,(H,17,18). The highest BCUT2D eigenvalue weighted by Crippen LogP contribution is 2.25. The van der Waals surface area contributed by atoms with Crippen molar-refractivity contribution in [3.63, 3.8) is 0 Å². The second-order valence-electron chi connectivity index (χ2n) is 5.40. The monoisotopic (exact) mass is 270 g/mol. The van der Waals surface area contributed by atoms with Crippen LogP contribution in [-0.4, -0.2) is 63.8 Å². The number of carbonyl (C=O) groups is 2. The number of aliphatic carboxylic acids is 1. The number of carbonyl (C=O) groups excluding carboxylic acids is 1. The van der Waals surface area contributed by atoms with Crippen LogP contribution >= 0.6 is 0 Å². The van der Waals surface area contributed by atoms with Gasteiger partial charge in [-0.2, -0.15) is 0 Å². The van der Waals surface area contributed by atoms with E-state index in [1.54, 1.807) is 9.80 Å². The lowest BCUT2D eigenvalue weighted by molar-refractivity contribution is -0.138. The number of likely N-dealkylation sites (tertiary alicyclic amines) is 2. The summed E-state index contributed by atoms with van der Waals surface area (Å²) in [6.07, 6.45) is 4.43. The van der Waals surface area contributed by atoms with Crippen molar-refractivity contribution >= 4 is 12.0 Å². The van der Waals surface area contributed by atoms with Gasteiger partial charge in [0.25, 0.3) is 0 Å². The second-order valence-corrected chi connectivity index (χ2v) is 5.40. The van der Waals surface area contributed by atoms with Crippen LogP contribution in [-0.2, 0) is 4.79 Å². The van der Waals surface area contributed by atoms with E-state index in [0.29, 0.717) is 13.1 Å². The first-order valence-corrected chi connectivity index (χ1v) is 7.03. The number of hydrogen-bond donors (Lipinski definition) is 2. The van der Waals surface area contributed by atoms with Crippen molar-refractivity contribution in [2.75, 3.05) is 19.7 Å². The number of nitrogens with zero attached hydrogens (tertiary/aromatic N) is 2. The molecule has 2 amide bonds. The third-order valence-corrected chi connectivity index (χ3v) is 4.12. The quantitative estimate of drug-likeness (QED) is 0.798. The topological polar surface area (TPSA) is 81.1 Å². The summed E-state index contributed by atoms with van der Waals surface area (Å²) in [6.45, 7) is 1.29. The Morgan fingerprint density at radius 1 is 1.00 bits per heavy atom. The minimum absolute atomic E-state index is 0.0107. The van der Waals surface area contributed by atoms with Crippen molar-refractivity contribution < 1.29 is 19.8 Å². The summed E-state index contributed by atoms with van der Waals surface area (Å²) in [5.74, 6) is -0.857. The molecule has 2 aliphatic rings. The van der Waals surface area contributed by atoms with Gasteiger partial charge in [-0.25, -0.2) is 4.79 Å². The van der Waals surface area contributed by atoms with Crippen molar-refractivity contribution in [3.05, 3.63) is 0 Å². The van der Waals surface area contributed by atoms with Crippen LogP contribution in [0.3, 0.4) is 0 Å². The zero-order chi connectivity index (χ0) is 13.8. The molecule has 0 aromatic heterocycles. The minimum atomic E-state index is -0.857. The molecule has 0 aromatic rings. The maximum absolute atomic E-state index is 12.5. The van der Waals surface area contributed by atoms with Gasteiger partial charge in [-0.05, 0) is 32.1 Å². The van der Waals surface area contributed by atoms with Gasteiger partial charge >= 0.3 is 12.0 Å². The van der Waals surface area contributed by atoms with E-state index >= 15 is 0 Å². The van der Waals surface area contributed by atoms with Crippen LogP contribution in [0.15, 0.2) is 0 Å². The third-order valence-electron chi connectivity index (χ3n) is 4.12. The van der Waals surface area contributed by atoms with Crippen molar-refractivity contribution in [2.24, 2.45) is 0 Å². The fraction of sp³-hybridized carbons (Fsp3) is 0.846. The van der Waals surface area contributed by atoms with Gasteiger partial charge in [0.1, 0.15) is 0 Å². The Labute approximate surface area is 113 Å². The van der Waals surface area contributed by atoms with Gasteiger partial charge in [-0.15, -0.1) is 0 Å². The minimum Gasteiger partial charge on any atom is -0.481 e. The molecule has 2 N–H and O–H groups in total. The normalized spacial score (nSPS) is 27.6. The van der Waals surface area contributed by atoms with Crippen molar-refractivity contribution in [2.45, 2.75) is 50.6 Å². The zero-order valence-corrected chi connectivity index (χ0v) is 11.1. The maximum Gasteiger partial charge on any atom is 0.320 e. The molecule has 0 aromatic carbocycles. The maximum atomic E-state index is 12.5. The number of hydrogen-bond acceptors (Lipinski definition) is 3. The molecule has 0 spiro atoms. The van der Waals surface area contributed by atoms with Crippen LogP contribution in [0.1, 0.15) is 38.5 Å². The van der Waals surface area contributed by atoms with Crippen molar-refractivity contribution in [1.29, 1.82) is 0 Å². The summed E-state index contributed by atoms with van der Waals surface area (Å²) in [7, 11) is 0. The molecule has 6 nitrogen and oxygen atoms in total. The molecule has 2 saturated heterocycles. The Bertz CT molecular complexity index is 348. The Morgan fingerprint density at radius 2 is 1.63 bits per heavy atom. The third kappa shape index (κ3) is 3.18. The van der Waals surface area contributed by atoms with Gasteiger partial charge in [0.15, 0.2) is 0 Å². The molecule has 19 heavy (non-hydrogen) atoms. The number of piperidine rings is 1. The number of carboxylic acid groups (broad SMARTS) is 1. The summed E-state index contributed by atoms with van der Waals surface area (Å²) in [5.41, 5.74) is 0. The Hall–Kier alpha value is -1.30. The van der Waals surface area contributed by atoms with Gasteiger partial charge in [0, 0.05) is 19.1 Å². The lowest BCUT2D eigenvalue weighted by Gasteiger charge is -2.38. The Balaban J connectivity index is 2.04. The highest BCUT2D eigenvalue weighted by Gasteiger charge is 2.35. The molecule has 0 aliphatic carbocycles. The van der Waals surface area contributed by atoms with E-state index in [2.05, 4.69) is 0 Å². The highest BCUT2D eigenvalue weighted by atomic mass is 16.4. The molecule has 2 unspecified atom stereocenters. The van der Waals surface area contributed by atoms with E-state index < -0.39 is 5.97 Å². The molecule has 0 bridgehead atoms. The number of urea groups is 1. The number of carboxylic acids is 1. The molecule has 2 atom stereocenters. The smallest absolute Gasteiger partial charge is 0.320 e. The first-order valence-electron chi connectivity index (χ1n) is 7.03. The number of amides is 2. The average Bonchev–Trinajstić information content (AvgIpc) is 2.86. The molecule has 108 valence electrons. The molecule has 6 heteroatoms. The van der Waals surface area contributed by atoms with Crippen LogP contribution in [0.2, 0.25) is 0 Å². The van der Waals surface area contributed by atoms with Gasteiger partial charge < -0.3 is 20.0 Å². The van der Waals surface area contributed by atoms with Crippen LogP contribution < -0.4 is 0 Å². The zero-order valence-electron chi connectivity index (χ0n) is 11.1. The van der Waals surface area contributed by atoms with Gasteiger partial charge in [0.2, 0.25) is 0 Å². The summed E-state index contributed by atoms with van der Waals surface area (Å²) >= 11 is 0. The predicted molar refractivity (Wildman–Crippen MR) is 68.8 cm³/mol. The van der Waals surface area contributed by atoms with Crippen molar-refractivity contribution in [3.8, 4) is 0 Å². The van der Waals surface area contributed by atoms with Crippen LogP contribution in [0.4, 0.5) is 4.79 Å². The Kier molecular flexibility index (Phi) is 4.63. The fourth-order valence-electron chi connectivity index (χ4n) is 3.11. The van der Waals surface area contributed by atoms with E-state index in [9.17, 15) is 14.7 Å². The van der Waals surface area contributed by atoms with E-state index in [1.807, 2.05) is 0 Å². The van der Waals surface area contributed by atoms with E-state index in [-0.39, 0.29) is 31.1 Å². The number of aliphatic hydroxyl groups excluding tert-OH is 1. The van der Waals surface area contributed by atoms with Crippen LogP contribution in [0, 0.1) is 0 Å². The molecular weight excluding hydrogens is 248 g/mol. The molecule has 2 fully saturated rings. The van der Waals surface area contributed by atoms with Crippen molar-refractivity contribution in [1.82, 2.24) is 9.80 Å². The largest absolute Gasteiger partial charge is 0.481 e. The van der Waals surface area contributed by atoms with Gasteiger partial charge in [-0.1, -0.05) is 0 Å². The van der Waals surface area contributed by atoms with E-state index in [0.717, 1.165) is 32.1 Å². The SMILES string of the molecule is O=C(O)CC1CCCCN1C(=O)N1CCCC1CO. The lowest BCUT2D eigenvalue weighted by Crippen LogP contribution is -2.52. The molecule has 2 rings (SSSR count). The number of aliphatic hydroxyl groups is 1. The summed E-state index contributed by atoms with van der Waals surface area (Å²) in [5, 5.41) is 18.2. The summed E-state index contributed by atoms with van der Waals surface area (Å²) in [6, 6.07) is -0.388. The second kappa shape index (κ2) is 6.23. The van der Waals surface area contributed by atoms with Gasteiger partial charge in [0.05, 0.1) is 19.1 Å².